The molecule has 2 heterocycles. The number of rotatable bonds is 3. The van der Waals surface area contributed by atoms with E-state index in [1.54, 1.807) is 22.2 Å². The Morgan fingerprint density at radius 3 is 2.24 bits per heavy atom. The van der Waals surface area contributed by atoms with Crippen LogP contribution < -0.4 is 0 Å². The van der Waals surface area contributed by atoms with Gasteiger partial charge in [-0.05, 0) is 6.54 Å². The van der Waals surface area contributed by atoms with E-state index in [4.69, 9.17) is 0 Å². The summed E-state index contributed by atoms with van der Waals surface area (Å²) in [5.41, 5.74) is 0.345. The van der Waals surface area contributed by atoms with Crippen molar-refractivity contribution in [1.82, 2.24) is 19.0 Å². The molecule has 1 fully saturated rings. The Hall–Kier alpha value is -0.920. The van der Waals surface area contributed by atoms with Gasteiger partial charge in [-0.2, -0.15) is 9.40 Å². The molecular formula is C14H26N4O2S. The number of piperazine rings is 1. The second-order valence-electron chi connectivity index (χ2n) is 6.60. The molecule has 2 rings (SSSR count). The van der Waals surface area contributed by atoms with Gasteiger partial charge < -0.3 is 4.90 Å². The van der Waals surface area contributed by atoms with Crippen LogP contribution in [0.15, 0.2) is 11.1 Å². The van der Waals surface area contributed by atoms with E-state index in [1.165, 1.54) is 0 Å². The van der Waals surface area contributed by atoms with Crippen molar-refractivity contribution in [3.05, 3.63) is 11.9 Å². The number of aryl methyl sites for hydroxylation is 1. The van der Waals surface area contributed by atoms with Gasteiger partial charge in [-0.25, -0.2) is 8.42 Å². The van der Waals surface area contributed by atoms with E-state index in [1.807, 2.05) is 20.8 Å². The minimum Gasteiger partial charge on any atom is -0.301 e. The largest absolute Gasteiger partial charge is 0.301 e. The molecule has 0 amide bonds. The second-order valence-corrected chi connectivity index (χ2v) is 8.51. The molecule has 1 saturated heterocycles. The third-order valence-corrected chi connectivity index (χ3v) is 5.80. The highest BCUT2D eigenvalue weighted by atomic mass is 32.2. The van der Waals surface area contributed by atoms with Crippen LogP contribution in [0.2, 0.25) is 0 Å². The molecule has 1 aliphatic rings. The molecule has 6 nitrogen and oxygen atoms in total. The van der Waals surface area contributed by atoms with Crippen molar-refractivity contribution >= 4 is 10.0 Å². The van der Waals surface area contributed by atoms with Crippen LogP contribution in [0.5, 0.6) is 0 Å². The van der Waals surface area contributed by atoms with Crippen LogP contribution in [0, 0.1) is 0 Å². The van der Waals surface area contributed by atoms with Crippen molar-refractivity contribution < 1.29 is 8.42 Å². The van der Waals surface area contributed by atoms with Gasteiger partial charge in [-0.3, -0.25) is 4.68 Å². The van der Waals surface area contributed by atoms with Gasteiger partial charge in [0.2, 0.25) is 10.0 Å². The van der Waals surface area contributed by atoms with Crippen molar-refractivity contribution in [2.45, 2.75) is 38.0 Å². The van der Waals surface area contributed by atoms with Crippen LogP contribution in [0.1, 0.15) is 33.4 Å². The molecule has 0 unspecified atom stereocenters. The Kier molecular flexibility index (Phi) is 4.46. The Morgan fingerprint density at radius 1 is 1.19 bits per heavy atom. The van der Waals surface area contributed by atoms with Gasteiger partial charge in [0.25, 0.3) is 0 Å². The third kappa shape index (κ3) is 3.30. The Labute approximate surface area is 127 Å². The minimum absolute atomic E-state index is 0.297. The topological polar surface area (TPSA) is 58.4 Å². The number of hydrogen-bond donors (Lipinski definition) is 0. The van der Waals surface area contributed by atoms with Crippen LogP contribution in [0.4, 0.5) is 0 Å². The molecular weight excluding hydrogens is 288 g/mol. The lowest BCUT2D eigenvalue weighted by atomic mass is 9.92. The van der Waals surface area contributed by atoms with Crippen LogP contribution >= 0.6 is 0 Å². The first-order valence-electron chi connectivity index (χ1n) is 7.43. The Bertz CT molecular complexity index is 593. The zero-order chi connectivity index (χ0) is 15.8. The van der Waals surface area contributed by atoms with Gasteiger partial charge in [-0.1, -0.05) is 27.7 Å². The molecule has 0 atom stereocenters. The highest BCUT2D eigenvalue weighted by molar-refractivity contribution is 7.89. The fourth-order valence-corrected chi connectivity index (χ4v) is 4.40. The molecule has 0 spiro atoms. The van der Waals surface area contributed by atoms with Gasteiger partial charge in [0.1, 0.15) is 4.90 Å². The lowest BCUT2D eigenvalue weighted by molar-refractivity contribution is 0.196. The summed E-state index contributed by atoms with van der Waals surface area (Å²) in [6.07, 6.45) is 1.63. The van der Waals surface area contributed by atoms with E-state index in [-0.39, 0.29) is 5.41 Å². The molecule has 0 radical (unpaired) electrons. The summed E-state index contributed by atoms with van der Waals surface area (Å²) in [6, 6.07) is 0. The lowest BCUT2D eigenvalue weighted by Gasteiger charge is -2.33. The van der Waals surface area contributed by atoms with Gasteiger partial charge in [0, 0.05) is 44.8 Å². The maximum absolute atomic E-state index is 12.9. The number of likely N-dealkylation sites (N-methyl/N-ethyl adjacent to an activating group) is 1. The van der Waals surface area contributed by atoms with E-state index in [9.17, 15) is 8.42 Å². The fourth-order valence-electron chi connectivity index (χ4n) is 2.60. The summed E-state index contributed by atoms with van der Waals surface area (Å²) in [4.78, 5) is 2.61. The molecule has 120 valence electrons. The maximum Gasteiger partial charge on any atom is 0.246 e. The zero-order valence-electron chi connectivity index (χ0n) is 13.6. The zero-order valence-corrected chi connectivity index (χ0v) is 14.4. The molecule has 1 aromatic rings. The molecule has 7 heteroatoms. The molecule has 0 bridgehead atoms. The molecule has 0 aromatic carbocycles. The van der Waals surface area contributed by atoms with Gasteiger partial charge in [-0.15, -0.1) is 0 Å². The Balaban J connectivity index is 2.33. The smallest absolute Gasteiger partial charge is 0.246 e. The number of nitrogens with zero attached hydrogens (tertiary/aromatic N) is 4. The summed E-state index contributed by atoms with van der Waals surface area (Å²) in [7, 11) is -1.70. The van der Waals surface area contributed by atoms with E-state index in [2.05, 4.69) is 16.9 Å². The van der Waals surface area contributed by atoms with Crippen molar-refractivity contribution in [3.8, 4) is 0 Å². The monoisotopic (exact) mass is 314 g/mol. The fraction of sp³-hybridized carbons (Fsp3) is 0.786. The Morgan fingerprint density at radius 2 is 1.76 bits per heavy atom. The van der Waals surface area contributed by atoms with Crippen molar-refractivity contribution in [3.63, 3.8) is 0 Å². The predicted molar refractivity (Wildman–Crippen MR) is 82.8 cm³/mol. The van der Waals surface area contributed by atoms with E-state index in [0.29, 0.717) is 23.7 Å². The van der Waals surface area contributed by atoms with Crippen LogP contribution in [0.3, 0.4) is 0 Å². The minimum atomic E-state index is -3.46. The first-order chi connectivity index (χ1) is 9.66. The summed E-state index contributed by atoms with van der Waals surface area (Å²) in [6.45, 7) is 11.7. The van der Waals surface area contributed by atoms with E-state index >= 15 is 0 Å². The second kappa shape index (κ2) is 5.70. The van der Waals surface area contributed by atoms with Crippen molar-refractivity contribution in [1.29, 1.82) is 0 Å². The standard InChI is InChI=1S/C14H26N4O2S/c1-6-17-7-9-18(10-8-17)21(19,20)12-11-16(5)15-13(12)14(2,3)4/h11H,6-10H2,1-5H3. The molecule has 1 aliphatic heterocycles. The quantitative estimate of drug-likeness (QED) is 0.836. The lowest BCUT2D eigenvalue weighted by Crippen LogP contribution is -2.48. The van der Waals surface area contributed by atoms with E-state index in [0.717, 1.165) is 19.6 Å². The number of hydrogen-bond acceptors (Lipinski definition) is 4. The normalized spacial score (nSPS) is 19.1. The average molecular weight is 314 g/mol. The molecule has 0 saturated carbocycles. The van der Waals surface area contributed by atoms with Gasteiger partial charge >= 0.3 is 0 Å². The van der Waals surface area contributed by atoms with Crippen molar-refractivity contribution in [2.75, 3.05) is 32.7 Å². The number of sulfonamides is 1. The SMILES string of the molecule is CCN1CCN(S(=O)(=O)c2cn(C)nc2C(C)(C)C)CC1. The summed E-state index contributed by atoms with van der Waals surface area (Å²) < 4.78 is 29.0. The van der Waals surface area contributed by atoms with Crippen molar-refractivity contribution in [2.24, 2.45) is 7.05 Å². The summed E-state index contributed by atoms with van der Waals surface area (Å²) >= 11 is 0. The molecule has 0 N–H and O–H groups in total. The highest BCUT2D eigenvalue weighted by Crippen LogP contribution is 2.29. The average Bonchev–Trinajstić information content (AvgIpc) is 2.82. The van der Waals surface area contributed by atoms with Crippen LogP contribution in [0.25, 0.3) is 0 Å². The maximum atomic E-state index is 12.9. The van der Waals surface area contributed by atoms with Gasteiger partial charge in [0.05, 0.1) is 5.69 Å². The summed E-state index contributed by atoms with van der Waals surface area (Å²) in [5, 5.41) is 4.37. The summed E-state index contributed by atoms with van der Waals surface area (Å²) in [5.74, 6) is 0. The van der Waals surface area contributed by atoms with Gasteiger partial charge in [0.15, 0.2) is 0 Å². The molecule has 0 aliphatic carbocycles. The first kappa shape index (κ1) is 16.5. The van der Waals surface area contributed by atoms with Crippen LogP contribution in [-0.4, -0.2) is 60.1 Å². The number of aromatic nitrogens is 2. The third-order valence-electron chi connectivity index (χ3n) is 3.90. The predicted octanol–water partition coefficient (Wildman–Crippen LogP) is 1.04. The molecule has 1 aromatic heterocycles. The molecule has 21 heavy (non-hydrogen) atoms. The van der Waals surface area contributed by atoms with E-state index < -0.39 is 10.0 Å². The van der Waals surface area contributed by atoms with Crippen LogP contribution in [-0.2, 0) is 22.5 Å². The highest BCUT2D eigenvalue weighted by Gasteiger charge is 2.34. The first-order valence-corrected chi connectivity index (χ1v) is 8.87.